The predicted octanol–water partition coefficient (Wildman–Crippen LogP) is 2.11. The first kappa shape index (κ1) is 9.21. The quantitative estimate of drug-likeness (QED) is 0.793. The summed E-state index contributed by atoms with van der Waals surface area (Å²) in [4.78, 5) is 8.09. The van der Waals surface area contributed by atoms with Crippen molar-refractivity contribution in [1.82, 2.24) is 9.97 Å². The molecule has 4 nitrogen and oxygen atoms in total. The van der Waals surface area contributed by atoms with Gasteiger partial charge in [0.25, 0.3) is 0 Å². The molecule has 2 rings (SSSR count). The van der Waals surface area contributed by atoms with Crippen LogP contribution in [0.25, 0.3) is 10.9 Å². The molecule has 14 heavy (non-hydrogen) atoms. The minimum atomic E-state index is 0.115. The van der Waals surface area contributed by atoms with Crippen molar-refractivity contribution >= 4 is 26.8 Å². The molecule has 0 spiro atoms. The first-order chi connectivity index (χ1) is 6.72. The zero-order valence-electron chi connectivity index (χ0n) is 7.36. The molecular weight excluding hydrogens is 248 g/mol. The Bertz CT molecular complexity index is 487. The van der Waals surface area contributed by atoms with E-state index >= 15 is 0 Å². The Balaban J connectivity index is 2.87. The predicted molar refractivity (Wildman–Crippen MR) is 55.5 cm³/mol. The molecule has 0 aliphatic rings. The fourth-order valence-electron chi connectivity index (χ4n) is 1.24. The summed E-state index contributed by atoms with van der Waals surface area (Å²) < 4.78 is 5.46. The lowest BCUT2D eigenvalue weighted by Crippen LogP contribution is -1.92. The van der Waals surface area contributed by atoms with E-state index < -0.39 is 0 Å². The summed E-state index contributed by atoms with van der Waals surface area (Å²) >= 11 is 3.14. The van der Waals surface area contributed by atoms with E-state index in [0.717, 1.165) is 0 Å². The molecule has 5 heteroatoms. The summed E-state index contributed by atoms with van der Waals surface area (Å²) in [6, 6.07) is 5.08. The molecule has 0 saturated carbocycles. The van der Waals surface area contributed by atoms with E-state index in [1.165, 1.54) is 7.11 Å². The number of benzene rings is 1. The maximum Gasteiger partial charge on any atom is 0.225 e. The summed E-state index contributed by atoms with van der Waals surface area (Å²) in [5, 5.41) is 10.2. The number of phenols is 1. The topological polar surface area (TPSA) is 55.2 Å². The SMILES string of the molecule is COc1nc(Br)nc2c(O)cccc12. The van der Waals surface area contributed by atoms with Crippen LogP contribution in [0.4, 0.5) is 0 Å². The van der Waals surface area contributed by atoms with Gasteiger partial charge in [0.2, 0.25) is 10.6 Å². The van der Waals surface area contributed by atoms with Crippen LogP contribution >= 0.6 is 15.9 Å². The van der Waals surface area contributed by atoms with E-state index in [4.69, 9.17) is 4.74 Å². The smallest absolute Gasteiger partial charge is 0.225 e. The highest BCUT2D eigenvalue weighted by Crippen LogP contribution is 2.29. The van der Waals surface area contributed by atoms with Crippen molar-refractivity contribution in [2.75, 3.05) is 7.11 Å². The second-order valence-corrected chi connectivity index (χ2v) is 3.38. The van der Waals surface area contributed by atoms with Gasteiger partial charge in [-0.1, -0.05) is 6.07 Å². The van der Waals surface area contributed by atoms with Crippen LogP contribution in [0, 0.1) is 0 Å². The van der Waals surface area contributed by atoms with Crippen molar-refractivity contribution < 1.29 is 9.84 Å². The molecule has 0 bridgehead atoms. The van der Waals surface area contributed by atoms with Gasteiger partial charge in [0.1, 0.15) is 11.3 Å². The lowest BCUT2D eigenvalue weighted by atomic mass is 10.2. The highest BCUT2D eigenvalue weighted by atomic mass is 79.9. The van der Waals surface area contributed by atoms with Crippen LogP contribution in [0.15, 0.2) is 22.9 Å². The second-order valence-electron chi connectivity index (χ2n) is 2.68. The zero-order chi connectivity index (χ0) is 10.1. The van der Waals surface area contributed by atoms with E-state index in [1.54, 1.807) is 18.2 Å². The Labute approximate surface area is 88.7 Å². The molecule has 2 aromatic rings. The molecule has 1 aromatic carbocycles. The van der Waals surface area contributed by atoms with Crippen LogP contribution in [0.3, 0.4) is 0 Å². The average molecular weight is 255 g/mol. The third kappa shape index (κ3) is 1.39. The van der Waals surface area contributed by atoms with Crippen LogP contribution in [-0.2, 0) is 0 Å². The van der Waals surface area contributed by atoms with E-state index in [1.807, 2.05) is 0 Å². The lowest BCUT2D eigenvalue weighted by Gasteiger charge is -2.05. The first-order valence-corrected chi connectivity index (χ1v) is 4.71. The van der Waals surface area contributed by atoms with E-state index in [0.29, 0.717) is 21.5 Å². The highest BCUT2D eigenvalue weighted by molar-refractivity contribution is 9.10. The number of rotatable bonds is 1. The Hall–Kier alpha value is -1.36. The normalized spacial score (nSPS) is 10.4. The van der Waals surface area contributed by atoms with Gasteiger partial charge in [-0.15, -0.1) is 0 Å². The highest BCUT2D eigenvalue weighted by Gasteiger charge is 2.08. The summed E-state index contributed by atoms with van der Waals surface area (Å²) in [5.41, 5.74) is 0.478. The molecule has 0 fully saturated rings. The van der Waals surface area contributed by atoms with Crippen LogP contribution in [0.5, 0.6) is 11.6 Å². The number of aromatic hydroxyl groups is 1. The first-order valence-electron chi connectivity index (χ1n) is 3.91. The Morgan fingerprint density at radius 3 is 2.86 bits per heavy atom. The number of phenolic OH excluding ortho intramolecular Hbond substituents is 1. The number of para-hydroxylation sites is 1. The molecule has 0 unspecified atom stereocenters. The average Bonchev–Trinajstić information content (AvgIpc) is 2.18. The van der Waals surface area contributed by atoms with Crippen molar-refractivity contribution in [2.45, 2.75) is 0 Å². The fourth-order valence-corrected chi connectivity index (χ4v) is 1.58. The van der Waals surface area contributed by atoms with Crippen molar-refractivity contribution in [3.63, 3.8) is 0 Å². The number of nitrogens with zero attached hydrogens (tertiary/aromatic N) is 2. The molecule has 0 aliphatic heterocycles. The monoisotopic (exact) mass is 254 g/mol. The van der Waals surface area contributed by atoms with Gasteiger partial charge in [0.05, 0.1) is 12.5 Å². The maximum absolute atomic E-state index is 9.55. The van der Waals surface area contributed by atoms with E-state index in [2.05, 4.69) is 25.9 Å². The number of methoxy groups -OCH3 is 1. The second kappa shape index (κ2) is 3.42. The van der Waals surface area contributed by atoms with E-state index in [9.17, 15) is 5.11 Å². The molecule has 0 aliphatic carbocycles. The van der Waals surface area contributed by atoms with Crippen LogP contribution in [0.2, 0.25) is 0 Å². The van der Waals surface area contributed by atoms with Gasteiger partial charge in [0, 0.05) is 0 Å². The molecule has 1 N–H and O–H groups in total. The summed E-state index contributed by atoms with van der Waals surface area (Å²) in [6.45, 7) is 0. The summed E-state index contributed by atoms with van der Waals surface area (Å²) in [5.74, 6) is 0.557. The standard InChI is InChI=1S/C9H7BrN2O2/c1-14-8-5-3-2-4-6(13)7(5)11-9(10)12-8/h2-4,13H,1H3. The van der Waals surface area contributed by atoms with Gasteiger partial charge in [-0.05, 0) is 28.1 Å². The van der Waals surface area contributed by atoms with Crippen molar-refractivity contribution in [3.8, 4) is 11.6 Å². The van der Waals surface area contributed by atoms with Crippen LogP contribution in [0.1, 0.15) is 0 Å². The minimum absolute atomic E-state index is 0.115. The molecule has 0 amide bonds. The third-order valence-corrected chi connectivity index (χ3v) is 2.19. The van der Waals surface area contributed by atoms with Crippen LogP contribution < -0.4 is 4.74 Å². The molecule has 1 aromatic heterocycles. The van der Waals surface area contributed by atoms with Crippen molar-refractivity contribution in [3.05, 3.63) is 22.9 Å². The van der Waals surface area contributed by atoms with Gasteiger partial charge < -0.3 is 9.84 Å². The Kier molecular flexibility index (Phi) is 2.25. The molecule has 0 atom stereocenters. The number of aromatic nitrogens is 2. The van der Waals surface area contributed by atoms with Gasteiger partial charge >= 0.3 is 0 Å². The van der Waals surface area contributed by atoms with E-state index in [-0.39, 0.29) is 5.75 Å². The largest absolute Gasteiger partial charge is 0.506 e. The molecular formula is C9H7BrN2O2. The lowest BCUT2D eigenvalue weighted by molar-refractivity contribution is 0.401. The van der Waals surface area contributed by atoms with Gasteiger partial charge in [0.15, 0.2) is 0 Å². The minimum Gasteiger partial charge on any atom is -0.506 e. The molecule has 1 heterocycles. The molecule has 72 valence electrons. The Morgan fingerprint density at radius 2 is 2.14 bits per heavy atom. The van der Waals surface area contributed by atoms with Crippen molar-refractivity contribution in [2.24, 2.45) is 0 Å². The van der Waals surface area contributed by atoms with Gasteiger partial charge in [-0.2, -0.15) is 4.98 Å². The number of hydrogen-bond acceptors (Lipinski definition) is 4. The van der Waals surface area contributed by atoms with Crippen LogP contribution in [-0.4, -0.2) is 22.2 Å². The number of fused-ring (bicyclic) bond motifs is 1. The molecule has 0 radical (unpaired) electrons. The summed E-state index contributed by atoms with van der Waals surface area (Å²) in [6.07, 6.45) is 0. The van der Waals surface area contributed by atoms with Gasteiger partial charge in [-0.25, -0.2) is 4.98 Å². The van der Waals surface area contributed by atoms with Gasteiger partial charge in [-0.3, -0.25) is 0 Å². The van der Waals surface area contributed by atoms with Crippen molar-refractivity contribution in [1.29, 1.82) is 0 Å². The maximum atomic E-state index is 9.55. The number of halogens is 1. The zero-order valence-corrected chi connectivity index (χ0v) is 8.95. The fraction of sp³-hybridized carbons (Fsp3) is 0.111. The number of hydrogen-bond donors (Lipinski definition) is 1. The third-order valence-electron chi connectivity index (χ3n) is 1.84. The molecule has 0 saturated heterocycles. The Morgan fingerprint density at radius 1 is 1.36 bits per heavy atom. The number of ether oxygens (including phenoxy) is 1. The summed E-state index contributed by atoms with van der Waals surface area (Å²) in [7, 11) is 1.53.